The van der Waals surface area contributed by atoms with E-state index < -0.39 is 5.60 Å². The number of allylic oxidation sites excluding steroid dienone is 1. The van der Waals surface area contributed by atoms with Gasteiger partial charge in [0, 0.05) is 0 Å². The molecule has 4 aliphatic rings. The van der Waals surface area contributed by atoms with Crippen molar-refractivity contribution in [2.24, 2.45) is 40.9 Å². The van der Waals surface area contributed by atoms with Crippen LogP contribution >= 0.6 is 0 Å². The van der Waals surface area contributed by atoms with Gasteiger partial charge in [0.25, 0.3) is 0 Å². The standard InChI is InChI=1S/C24H37N3O/c1-16(15-27-25-12-13-26-27)21-6-7-22-20-5-4-17-14-23(2,28)10-8-18(17)19(20)9-11-24(21,22)3/h12-13,17-22,28H,1,4-11,14-15H2,2-3H3/t17-,18+,19-,20-,21-,22+,23-,24-/m1/s1. The van der Waals surface area contributed by atoms with Gasteiger partial charge >= 0.3 is 0 Å². The highest BCUT2D eigenvalue weighted by Crippen LogP contribution is 2.65. The molecule has 0 spiro atoms. The summed E-state index contributed by atoms with van der Waals surface area (Å²) in [6, 6.07) is 0. The lowest BCUT2D eigenvalue weighted by molar-refractivity contribution is -0.0979. The highest BCUT2D eigenvalue weighted by Gasteiger charge is 2.57. The summed E-state index contributed by atoms with van der Waals surface area (Å²) in [4.78, 5) is 1.80. The van der Waals surface area contributed by atoms with Crippen LogP contribution in [0.4, 0.5) is 0 Å². The number of fused-ring (bicyclic) bond motifs is 5. The summed E-state index contributed by atoms with van der Waals surface area (Å²) in [7, 11) is 0. The number of rotatable bonds is 3. The van der Waals surface area contributed by atoms with Crippen molar-refractivity contribution in [3.63, 3.8) is 0 Å². The average Bonchev–Trinajstić information content (AvgIpc) is 3.27. The van der Waals surface area contributed by atoms with E-state index in [2.05, 4.69) is 30.6 Å². The molecule has 0 aliphatic heterocycles. The van der Waals surface area contributed by atoms with Gasteiger partial charge in [0.15, 0.2) is 0 Å². The third kappa shape index (κ3) is 2.98. The molecule has 0 bridgehead atoms. The van der Waals surface area contributed by atoms with E-state index in [0.29, 0.717) is 11.3 Å². The van der Waals surface area contributed by atoms with Gasteiger partial charge in [-0.1, -0.05) is 19.1 Å². The molecule has 4 heteroatoms. The van der Waals surface area contributed by atoms with Crippen molar-refractivity contribution in [1.29, 1.82) is 0 Å². The maximum Gasteiger partial charge on any atom is 0.0817 e. The topological polar surface area (TPSA) is 50.9 Å². The van der Waals surface area contributed by atoms with Gasteiger partial charge in [0.2, 0.25) is 0 Å². The molecule has 4 saturated carbocycles. The van der Waals surface area contributed by atoms with Crippen LogP contribution in [0.15, 0.2) is 24.5 Å². The van der Waals surface area contributed by atoms with E-state index in [4.69, 9.17) is 0 Å². The third-order valence-corrected chi connectivity index (χ3v) is 9.54. The van der Waals surface area contributed by atoms with Crippen LogP contribution in [0, 0.1) is 40.9 Å². The summed E-state index contributed by atoms with van der Waals surface area (Å²) in [5.74, 6) is 4.94. The predicted octanol–water partition coefficient (Wildman–Crippen LogP) is 4.85. The number of hydrogen-bond acceptors (Lipinski definition) is 3. The number of aromatic nitrogens is 3. The molecule has 1 heterocycles. The first-order valence-electron chi connectivity index (χ1n) is 11.6. The molecular weight excluding hydrogens is 346 g/mol. The summed E-state index contributed by atoms with van der Waals surface area (Å²) >= 11 is 0. The normalized spacial score (nSPS) is 47.8. The number of aliphatic hydroxyl groups is 1. The first kappa shape index (κ1) is 18.8. The summed E-state index contributed by atoms with van der Waals surface area (Å²) in [5.41, 5.74) is 1.34. The zero-order valence-electron chi connectivity index (χ0n) is 17.7. The van der Waals surface area contributed by atoms with Crippen molar-refractivity contribution in [3.05, 3.63) is 24.5 Å². The first-order chi connectivity index (χ1) is 13.4. The molecule has 4 aliphatic carbocycles. The van der Waals surface area contributed by atoms with E-state index in [9.17, 15) is 5.11 Å². The molecule has 0 aromatic carbocycles. The van der Waals surface area contributed by atoms with E-state index in [1.807, 2.05) is 0 Å². The lowest BCUT2D eigenvalue weighted by atomic mass is 9.49. The zero-order chi connectivity index (χ0) is 19.5. The molecular formula is C24H37N3O. The van der Waals surface area contributed by atoms with Gasteiger partial charge in [-0.15, -0.1) is 0 Å². The van der Waals surface area contributed by atoms with E-state index in [1.54, 1.807) is 17.2 Å². The monoisotopic (exact) mass is 383 g/mol. The largest absolute Gasteiger partial charge is 0.390 e. The van der Waals surface area contributed by atoms with Crippen molar-refractivity contribution < 1.29 is 5.11 Å². The zero-order valence-corrected chi connectivity index (χ0v) is 17.7. The molecule has 1 N–H and O–H groups in total. The fraction of sp³-hybridized carbons (Fsp3) is 0.833. The maximum atomic E-state index is 10.6. The Hall–Kier alpha value is -1.16. The van der Waals surface area contributed by atoms with E-state index in [-0.39, 0.29) is 0 Å². The Bertz CT molecular complexity index is 726. The first-order valence-corrected chi connectivity index (χ1v) is 11.6. The van der Waals surface area contributed by atoms with E-state index >= 15 is 0 Å². The lowest BCUT2D eigenvalue weighted by Gasteiger charge is -2.57. The van der Waals surface area contributed by atoms with Gasteiger partial charge in [-0.05, 0) is 106 Å². The third-order valence-electron chi connectivity index (χ3n) is 9.54. The van der Waals surface area contributed by atoms with Gasteiger partial charge in [0.1, 0.15) is 0 Å². The summed E-state index contributed by atoms with van der Waals surface area (Å²) < 4.78 is 0. The molecule has 0 unspecified atom stereocenters. The van der Waals surface area contributed by atoms with Gasteiger partial charge in [0.05, 0.1) is 24.5 Å². The smallest absolute Gasteiger partial charge is 0.0817 e. The minimum Gasteiger partial charge on any atom is -0.390 e. The Kier molecular flexibility index (Phi) is 4.50. The van der Waals surface area contributed by atoms with Crippen LogP contribution in [0.5, 0.6) is 0 Å². The average molecular weight is 384 g/mol. The number of hydrogen-bond donors (Lipinski definition) is 1. The van der Waals surface area contributed by atoms with E-state index in [0.717, 1.165) is 49.0 Å². The quantitative estimate of drug-likeness (QED) is 0.759. The molecule has 1 aromatic rings. The lowest BCUT2D eigenvalue weighted by Crippen LogP contribution is -2.50. The second-order valence-electron chi connectivity index (χ2n) is 11.1. The fourth-order valence-corrected chi connectivity index (χ4v) is 8.37. The minimum absolute atomic E-state index is 0.409. The Balaban J connectivity index is 1.32. The Labute approximate surface area is 169 Å². The van der Waals surface area contributed by atoms with Crippen LogP contribution in [0.25, 0.3) is 0 Å². The Morgan fingerprint density at radius 3 is 2.54 bits per heavy atom. The summed E-state index contributed by atoms with van der Waals surface area (Å²) in [6.45, 7) is 9.92. The SMILES string of the molecule is C=C(Cn1nccn1)[C@H]1CC[C@H]2[C@@H]3CC[C@@H]4C[C@](C)(O)CC[C@@H]4[C@H]3CC[C@]12C. The summed E-state index contributed by atoms with van der Waals surface area (Å²) in [6.07, 6.45) is 15.0. The molecule has 4 fully saturated rings. The maximum absolute atomic E-state index is 10.6. The van der Waals surface area contributed by atoms with E-state index in [1.165, 1.54) is 50.5 Å². The predicted molar refractivity (Wildman–Crippen MR) is 110 cm³/mol. The van der Waals surface area contributed by atoms with Crippen LogP contribution in [0.3, 0.4) is 0 Å². The Morgan fingerprint density at radius 2 is 1.75 bits per heavy atom. The van der Waals surface area contributed by atoms with Crippen molar-refractivity contribution in [2.75, 3.05) is 0 Å². The second kappa shape index (κ2) is 6.68. The molecule has 1 aromatic heterocycles. The Morgan fingerprint density at radius 1 is 1.00 bits per heavy atom. The van der Waals surface area contributed by atoms with Gasteiger partial charge < -0.3 is 5.11 Å². The highest BCUT2D eigenvalue weighted by atomic mass is 16.3. The molecule has 4 nitrogen and oxygen atoms in total. The fourth-order valence-electron chi connectivity index (χ4n) is 8.37. The van der Waals surface area contributed by atoms with Crippen LogP contribution < -0.4 is 0 Å². The molecule has 28 heavy (non-hydrogen) atoms. The molecule has 8 atom stereocenters. The molecule has 0 saturated heterocycles. The van der Waals surface area contributed by atoms with Crippen LogP contribution in [-0.2, 0) is 6.54 Å². The van der Waals surface area contributed by atoms with Gasteiger partial charge in [-0.2, -0.15) is 15.0 Å². The van der Waals surface area contributed by atoms with Crippen molar-refractivity contribution in [3.8, 4) is 0 Å². The van der Waals surface area contributed by atoms with Crippen molar-refractivity contribution in [1.82, 2.24) is 15.0 Å². The second-order valence-corrected chi connectivity index (χ2v) is 11.1. The minimum atomic E-state index is -0.409. The highest BCUT2D eigenvalue weighted by molar-refractivity contribution is 5.15. The van der Waals surface area contributed by atoms with Crippen molar-refractivity contribution >= 4 is 0 Å². The van der Waals surface area contributed by atoms with Crippen molar-refractivity contribution in [2.45, 2.75) is 83.8 Å². The van der Waals surface area contributed by atoms with Gasteiger partial charge in [-0.3, -0.25) is 0 Å². The van der Waals surface area contributed by atoms with Crippen LogP contribution in [0.1, 0.15) is 71.6 Å². The summed E-state index contributed by atoms with van der Waals surface area (Å²) in [5, 5.41) is 19.2. The van der Waals surface area contributed by atoms with Crippen LogP contribution in [0.2, 0.25) is 0 Å². The molecule has 0 amide bonds. The molecule has 154 valence electrons. The van der Waals surface area contributed by atoms with Gasteiger partial charge in [-0.25, -0.2) is 0 Å². The van der Waals surface area contributed by atoms with Crippen LogP contribution in [-0.4, -0.2) is 25.7 Å². The molecule has 0 radical (unpaired) electrons. The number of nitrogens with zero attached hydrogens (tertiary/aromatic N) is 3. The molecule has 5 rings (SSSR count).